The topological polar surface area (TPSA) is 88.2 Å². The van der Waals surface area contributed by atoms with Crippen LogP contribution in [0.25, 0.3) is 0 Å². The number of nitrogens with zero attached hydrogens (tertiary/aromatic N) is 4. The van der Waals surface area contributed by atoms with Gasteiger partial charge in [0.05, 0.1) is 6.54 Å². The number of hydrogen-bond donors (Lipinski definition) is 2. The molecule has 0 saturated heterocycles. The molecule has 0 spiro atoms. The highest BCUT2D eigenvalue weighted by atomic mass is 32.1. The summed E-state index contributed by atoms with van der Waals surface area (Å²) in [4.78, 5) is 14.1. The number of aromatic nitrogens is 3. The van der Waals surface area contributed by atoms with Gasteiger partial charge < -0.3 is 15.2 Å². The van der Waals surface area contributed by atoms with Crippen LogP contribution in [0.2, 0.25) is 0 Å². The molecule has 0 aromatic carbocycles. The Morgan fingerprint density at radius 3 is 2.83 bits per heavy atom. The Morgan fingerprint density at radius 2 is 2.22 bits per heavy atom. The molecule has 0 atom stereocenters. The summed E-state index contributed by atoms with van der Waals surface area (Å²) >= 11 is 1.69. The van der Waals surface area contributed by atoms with E-state index in [-0.39, 0.29) is 0 Å². The highest BCUT2D eigenvalue weighted by Crippen LogP contribution is 2.11. The summed E-state index contributed by atoms with van der Waals surface area (Å²) in [5.74, 6) is 2.52. The molecule has 2 N–H and O–H groups in total. The van der Waals surface area contributed by atoms with E-state index in [1.807, 2.05) is 6.20 Å². The Balaban J connectivity index is 1.67. The third kappa shape index (κ3) is 5.63. The lowest BCUT2D eigenvalue weighted by Gasteiger charge is -2.10. The summed E-state index contributed by atoms with van der Waals surface area (Å²) in [6.45, 7) is 7.62. The number of aryl methyl sites for hydroxylation is 2. The molecule has 23 heavy (non-hydrogen) atoms. The van der Waals surface area contributed by atoms with Crippen LogP contribution in [0.4, 0.5) is 0 Å². The van der Waals surface area contributed by atoms with Crippen molar-refractivity contribution in [3.63, 3.8) is 0 Å². The Hall–Kier alpha value is -1.96. The van der Waals surface area contributed by atoms with Crippen molar-refractivity contribution in [1.29, 1.82) is 0 Å². The zero-order valence-corrected chi connectivity index (χ0v) is 14.9. The van der Waals surface area contributed by atoms with Gasteiger partial charge in [0.25, 0.3) is 0 Å². The van der Waals surface area contributed by atoms with Crippen LogP contribution in [0.5, 0.6) is 0 Å². The second kappa shape index (κ2) is 8.61. The van der Waals surface area contributed by atoms with Gasteiger partial charge in [0.2, 0.25) is 5.89 Å². The zero-order chi connectivity index (χ0) is 16.7. The smallest absolute Gasteiger partial charge is 0.226 e. The van der Waals surface area contributed by atoms with Crippen molar-refractivity contribution in [2.75, 3.05) is 13.6 Å². The molecule has 2 aromatic rings. The van der Waals surface area contributed by atoms with E-state index < -0.39 is 0 Å². The van der Waals surface area contributed by atoms with Crippen molar-refractivity contribution in [3.8, 4) is 0 Å². The first kappa shape index (κ1) is 17.4. The van der Waals surface area contributed by atoms with E-state index in [1.54, 1.807) is 18.4 Å². The van der Waals surface area contributed by atoms with E-state index in [4.69, 9.17) is 4.52 Å². The van der Waals surface area contributed by atoms with Gasteiger partial charge in [0.15, 0.2) is 11.8 Å². The summed E-state index contributed by atoms with van der Waals surface area (Å²) in [6, 6.07) is 0. The number of rotatable bonds is 7. The molecule has 0 bridgehead atoms. The molecule has 0 unspecified atom stereocenters. The maximum absolute atomic E-state index is 5.23. The van der Waals surface area contributed by atoms with Gasteiger partial charge in [-0.2, -0.15) is 4.98 Å². The average molecular weight is 336 g/mol. The first-order chi connectivity index (χ1) is 11.1. The predicted molar refractivity (Wildman–Crippen MR) is 91.8 cm³/mol. The SMILES string of the molecule is CN=C(NCCCc1nc(C(C)C)no1)NCc1ncc(C)s1. The first-order valence-corrected chi connectivity index (χ1v) is 8.58. The highest BCUT2D eigenvalue weighted by Gasteiger charge is 2.09. The second-order valence-corrected chi connectivity index (χ2v) is 6.84. The van der Waals surface area contributed by atoms with Gasteiger partial charge in [-0.3, -0.25) is 4.99 Å². The van der Waals surface area contributed by atoms with Crippen LogP contribution >= 0.6 is 11.3 Å². The summed E-state index contributed by atoms with van der Waals surface area (Å²) in [7, 11) is 1.76. The quantitative estimate of drug-likeness (QED) is 0.458. The van der Waals surface area contributed by atoms with Gasteiger partial charge in [0, 0.05) is 37.0 Å². The molecule has 2 heterocycles. The normalized spacial score (nSPS) is 12.0. The van der Waals surface area contributed by atoms with Crippen LogP contribution in [-0.2, 0) is 13.0 Å². The maximum Gasteiger partial charge on any atom is 0.226 e. The standard InChI is InChI=1S/C15H24N6OS/c1-10(2)14-20-12(22-21-14)6-5-7-17-15(16-4)19-9-13-18-8-11(3)23-13/h8,10H,5-7,9H2,1-4H3,(H2,16,17,19). The minimum atomic E-state index is 0.295. The van der Waals surface area contributed by atoms with E-state index in [9.17, 15) is 0 Å². The maximum atomic E-state index is 5.23. The van der Waals surface area contributed by atoms with Gasteiger partial charge in [0.1, 0.15) is 5.01 Å². The first-order valence-electron chi connectivity index (χ1n) is 7.76. The molecule has 0 aliphatic carbocycles. The Morgan fingerprint density at radius 1 is 1.39 bits per heavy atom. The number of hydrogen-bond acceptors (Lipinski definition) is 6. The lowest BCUT2D eigenvalue weighted by molar-refractivity contribution is 0.368. The molecule has 8 heteroatoms. The molecular weight excluding hydrogens is 312 g/mol. The molecule has 7 nitrogen and oxygen atoms in total. The second-order valence-electron chi connectivity index (χ2n) is 5.52. The average Bonchev–Trinajstić information content (AvgIpc) is 3.15. The van der Waals surface area contributed by atoms with Crippen molar-refractivity contribution in [2.24, 2.45) is 4.99 Å². The minimum absolute atomic E-state index is 0.295. The van der Waals surface area contributed by atoms with Gasteiger partial charge in [-0.05, 0) is 13.3 Å². The third-order valence-electron chi connectivity index (χ3n) is 3.16. The van der Waals surface area contributed by atoms with Crippen LogP contribution in [0.3, 0.4) is 0 Å². The molecule has 126 valence electrons. The number of aliphatic imine (C=N–C) groups is 1. The predicted octanol–water partition coefficient (Wildman–Crippen LogP) is 2.26. The van der Waals surface area contributed by atoms with E-state index >= 15 is 0 Å². The fraction of sp³-hybridized carbons (Fsp3) is 0.600. The van der Waals surface area contributed by atoms with Crippen LogP contribution < -0.4 is 10.6 Å². The molecule has 2 aromatic heterocycles. The molecule has 0 aliphatic rings. The molecule has 0 aliphatic heterocycles. The molecular formula is C15H24N6OS. The lowest BCUT2D eigenvalue weighted by Crippen LogP contribution is -2.37. The molecule has 2 rings (SSSR count). The molecule has 0 fully saturated rings. The Bertz CT molecular complexity index is 633. The van der Waals surface area contributed by atoms with Crippen LogP contribution in [0, 0.1) is 6.92 Å². The number of nitrogens with one attached hydrogen (secondary N) is 2. The fourth-order valence-corrected chi connectivity index (χ4v) is 2.64. The summed E-state index contributed by atoms with van der Waals surface area (Å²) in [5.41, 5.74) is 0. The van der Waals surface area contributed by atoms with Crippen LogP contribution in [0.1, 0.15) is 47.8 Å². The fourth-order valence-electron chi connectivity index (χ4n) is 1.91. The van der Waals surface area contributed by atoms with E-state index in [2.05, 4.69) is 51.5 Å². The van der Waals surface area contributed by atoms with E-state index in [1.165, 1.54) is 4.88 Å². The lowest BCUT2D eigenvalue weighted by atomic mass is 10.2. The summed E-state index contributed by atoms with van der Waals surface area (Å²) in [6.07, 6.45) is 3.54. The van der Waals surface area contributed by atoms with Crippen LogP contribution in [-0.4, -0.2) is 34.7 Å². The Labute approximate surface area is 140 Å². The van der Waals surface area contributed by atoms with Gasteiger partial charge in [-0.1, -0.05) is 19.0 Å². The van der Waals surface area contributed by atoms with E-state index in [0.717, 1.165) is 36.2 Å². The van der Waals surface area contributed by atoms with Crippen LogP contribution in [0.15, 0.2) is 15.7 Å². The monoisotopic (exact) mass is 336 g/mol. The van der Waals surface area contributed by atoms with Crippen molar-refractivity contribution in [1.82, 2.24) is 25.8 Å². The van der Waals surface area contributed by atoms with Crippen molar-refractivity contribution < 1.29 is 4.52 Å². The summed E-state index contributed by atoms with van der Waals surface area (Å²) < 4.78 is 5.23. The highest BCUT2D eigenvalue weighted by molar-refractivity contribution is 7.11. The van der Waals surface area contributed by atoms with E-state index in [0.29, 0.717) is 18.4 Å². The third-order valence-corrected chi connectivity index (χ3v) is 4.07. The minimum Gasteiger partial charge on any atom is -0.356 e. The number of guanidine groups is 1. The number of thiazole rings is 1. The van der Waals surface area contributed by atoms with Gasteiger partial charge >= 0.3 is 0 Å². The largest absolute Gasteiger partial charge is 0.356 e. The van der Waals surface area contributed by atoms with Gasteiger partial charge in [-0.15, -0.1) is 11.3 Å². The molecule has 0 radical (unpaired) electrons. The van der Waals surface area contributed by atoms with Crippen molar-refractivity contribution >= 4 is 17.3 Å². The molecule has 0 amide bonds. The van der Waals surface area contributed by atoms with Crippen molar-refractivity contribution in [3.05, 3.63) is 27.8 Å². The Kier molecular flexibility index (Phi) is 6.52. The van der Waals surface area contributed by atoms with Gasteiger partial charge in [-0.25, -0.2) is 4.98 Å². The molecule has 0 saturated carbocycles. The van der Waals surface area contributed by atoms with Crippen molar-refractivity contribution in [2.45, 2.75) is 46.1 Å². The summed E-state index contributed by atoms with van der Waals surface area (Å²) in [5, 5.41) is 11.5. The zero-order valence-electron chi connectivity index (χ0n) is 14.1.